The van der Waals surface area contributed by atoms with Crippen molar-refractivity contribution < 1.29 is 0 Å². The van der Waals surface area contributed by atoms with Gasteiger partial charge in [-0.3, -0.25) is 4.68 Å². The van der Waals surface area contributed by atoms with Crippen LogP contribution in [0.3, 0.4) is 0 Å². The molecule has 2 aromatic carbocycles. The lowest BCUT2D eigenvalue weighted by Gasteiger charge is -2.09. The second kappa shape index (κ2) is 7.34. The van der Waals surface area contributed by atoms with Gasteiger partial charge < -0.3 is 5.73 Å². The van der Waals surface area contributed by atoms with E-state index < -0.39 is 0 Å². The Hall–Kier alpha value is -1.23. The fourth-order valence-electron chi connectivity index (χ4n) is 2.39. The molecule has 3 nitrogen and oxygen atoms in total. The Bertz CT molecular complexity index is 890. The number of rotatable bonds is 4. The predicted octanol–water partition coefficient (Wildman–Crippen LogP) is 5.67. The van der Waals surface area contributed by atoms with Crippen LogP contribution in [0.25, 0.3) is 11.3 Å². The Morgan fingerprint density at radius 1 is 0.833 bits per heavy atom. The standard InChI is InChI=1S/C17H13Cl4N3/c18-13-3-1-10(5-15(13)20)9-24-17(7-12(8-22)23-24)11-2-4-14(19)16(21)6-11/h1-7H,8-9,22H2. The summed E-state index contributed by atoms with van der Waals surface area (Å²) >= 11 is 24.2. The van der Waals surface area contributed by atoms with Crippen LogP contribution in [0.5, 0.6) is 0 Å². The Morgan fingerprint density at radius 2 is 1.50 bits per heavy atom. The van der Waals surface area contributed by atoms with Crippen LogP contribution in [0.15, 0.2) is 42.5 Å². The summed E-state index contributed by atoms with van der Waals surface area (Å²) in [5.41, 5.74) is 9.33. The number of hydrogen-bond donors (Lipinski definition) is 1. The molecule has 7 heteroatoms. The zero-order chi connectivity index (χ0) is 17.3. The molecule has 1 aromatic heterocycles. The zero-order valence-electron chi connectivity index (χ0n) is 12.4. The molecule has 0 bridgehead atoms. The quantitative estimate of drug-likeness (QED) is 0.612. The summed E-state index contributed by atoms with van der Waals surface area (Å²) in [5.74, 6) is 0. The van der Waals surface area contributed by atoms with Gasteiger partial charge in [0.1, 0.15) is 0 Å². The number of halogens is 4. The van der Waals surface area contributed by atoms with Crippen molar-refractivity contribution >= 4 is 46.4 Å². The molecule has 0 saturated heterocycles. The minimum absolute atomic E-state index is 0.350. The molecule has 0 saturated carbocycles. The SMILES string of the molecule is NCc1cc(-c2ccc(Cl)c(Cl)c2)n(Cc2ccc(Cl)c(Cl)c2)n1. The molecule has 0 aliphatic rings. The molecule has 24 heavy (non-hydrogen) atoms. The summed E-state index contributed by atoms with van der Waals surface area (Å²) in [5, 5.41) is 6.58. The van der Waals surface area contributed by atoms with Crippen LogP contribution in [-0.2, 0) is 13.1 Å². The minimum atomic E-state index is 0.350. The Labute approximate surface area is 159 Å². The van der Waals surface area contributed by atoms with Crippen LogP contribution in [0, 0.1) is 0 Å². The summed E-state index contributed by atoms with van der Waals surface area (Å²) in [7, 11) is 0. The van der Waals surface area contributed by atoms with Crippen LogP contribution in [0.4, 0.5) is 0 Å². The second-order valence-corrected chi connectivity index (χ2v) is 6.89. The van der Waals surface area contributed by atoms with Gasteiger partial charge in [0.25, 0.3) is 0 Å². The second-order valence-electron chi connectivity index (χ2n) is 5.26. The molecular weight excluding hydrogens is 388 g/mol. The summed E-state index contributed by atoms with van der Waals surface area (Å²) in [6.45, 7) is 0.884. The third-order valence-corrected chi connectivity index (χ3v) is 5.05. The van der Waals surface area contributed by atoms with Crippen LogP contribution < -0.4 is 5.73 Å². The fourth-order valence-corrected chi connectivity index (χ4v) is 3.01. The van der Waals surface area contributed by atoms with Crippen molar-refractivity contribution in [3.63, 3.8) is 0 Å². The predicted molar refractivity (Wildman–Crippen MR) is 101 cm³/mol. The van der Waals surface area contributed by atoms with Crippen molar-refractivity contribution in [1.29, 1.82) is 0 Å². The maximum absolute atomic E-state index is 6.14. The largest absolute Gasteiger partial charge is 0.325 e. The molecule has 2 N–H and O–H groups in total. The first-order valence-corrected chi connectivity index (χ1v) is 8.65. The van der Waals surface area contributed by atoms with Crippen LogP contribution in [0.2, 0.25) is 20.1 Å². The van der Waals surface area contributed by atoms with Crippen molar-refractivity contribution in [2.75, 3.05) is 0 Å². The molecule has 0 radical (unpaired) electrons. The van der Waals surface area contributed by atoms with E-state index in [9.17, 15) is 0 Å². The van der Waals surface area contributed by atoms with E-state index in [2.05, 4.69) is 5.10 Å². The smallest absolute Gasteiger partial charge is 0.0767 e. The van der Waals surface area contributed by atoms with Crippen molar-refractivity contribution in [1.82, 2.24) is 9.78 Å². The molecule has 0 aliphatic heterocycles. The van der Waals surface area contributed by atoms with Crippen LogP contribution in [0.1, 0.15) is 11.3 Å². The lowest BCUT2D eigenvalue weighted by Crippen LogP contribution is -2.05. The molecule has 124 valence electrons. The summed E-state index contributed by atoms with van der Waals surface area (Å²) in [6, 6.07) is 12.9. The first-order chi connectivity index (χ1) is 11.5. The molecule has 0 spiro atoms. The van der Waals surface area contributed by atoms with E-state index in [1.54, 1.807) is 12.1 Å². The Kier molecular flexibility index (Phi) is 5.38. The molecular formula is C17H13Cl4N3. The molecule has 0 unspecified atom stereocenters. The molecule has 3 rings (SSSR count). The number of nitrogens with two attached hydrogens (primary N) is 1. The normalized spacial score (nSPS) is 11.0. The van der Waals surface area contributed by atoms with Gasteiger partial charge in [-0.25, -0.2) is 0 Å². The maximum Gasteiger partial charge on any atom is 0.0767 e. The minimum Gasteiger partial charge on any atom is -0.325 e. The highest BCUT2D eigenvalue weighted by Crippen LogP contribution is 2.30. The average molecular weight is 401 g/mol. The van der Waals surface area contributed by atoms with Crippen molar-refractivity contribution in [2.24, 2.45) is 5.73 Å². The van der Waals surface area contributed by atoms with Gasteiger partial charge in [-0.1, -0.05) is 58.5 Å². The zero-order valence-corrected chi connectivity index (χ0v) is 15.5. The highest BCUT2D eigenvalue weighted by Gasteiger charge is 2.12. The molecule has 3 aromatic rings. The third-order valence-electron chi connectivity index (χ3n) is 3.57. The van der Waals surface area contributed by atoms with E-state index in [1.807, 2.05) is 35.0 Å². The monoisotopic (exact) mass is 399 g/mol. The molecule has 0 amide bonds. The number of aromatic nitrogens is 2. The van der Waals surface area contributed by atoms with Gasteiger partial charge in [0.15, 0.2) is 0 Å². The molecule has 0 aliphatic carbocycles. The Morgan fingerprint density at radius 3 is 2.12 bits per heavy atom. The van der Waals surface area contributed by atoms with E-state index >= 15 is 0 Å². The van der Waals surface area contributed by atoms with Gasteiger partial charge in [-0.05, 0) is 35.9 Å². The van der Waals surface area contributed by atoms with Gasteiger partial charge in [0.05, 0.1) is 38.0 Å². The summed E-state index contributed by atoms with van der Waals surface area (Å²) in [4.78, 5) is 0. The Balaban J connectivity index is 2.02. The van der Waals surface area contributed by atoms with E-state index in [0.717, 1.165) is 22.5 Å². The maximum atomic E-state index is 6.14. The van der Waals surface area contributed by atoms with Gasteiger partial charge in [-0.15, -0.1) is 0 Å². The molecule has 0 atom stereocenters. The van der Waals surface area contributed by atoms with Crippen molar-refractivity contribution in [3.05, 3.63) is 73.8 Å². The first-order valence-electron chi connectivity index (χ1n) is 7.14. The van der Waals surface area contributed by atoms with Crippen LogP contribution in [-0.4, -0.2) is 9.78 Å². The lowest BCUT2D eigenvalue weighted by atomic mass is 10.1. The van der Waals surface area contributed by atoms with Gasteiger partial charge in [0.2, 0.25) is 0 Å². The number of benzene rings is 2. The topological polar surface area (TPSA) is 43.8 Å². The average Bonchev–Trinajstić information content (AvgIpc) is 2.96. The number of hydrogen-bond acceptors (Lipinski definition) is 2. The van der Waals surface area contributed by atoms with Gasteiger partial charge in [-0.2, -0.15) is 5.10 Å². The van der Waals surface area contributed by atoms with Gasteiger partial charge in [0, 0.05) is 12.1 Å². The van der Waals surface area contributed by atoms with Crippen molar-refractivity contribution in [2.45, 2.75) is 13.1 Å². The van der Waals surface area contributed by atoms with E-state index in [-0.39, 0.29) is 0 Å². The molecule has 1 heterocycles. The summed E-state index contributed by atoms with van der Waals surface area (Å²) < 4.78 is 1.86. The highest BCUT2D eigenvalue weighted by molar-refractivity contribution is 6.42. The van der Waals surface area contributed by atoms with E-state index in [4.69, 9.17) is 52.1 Å². The number of nitrogens with zero attached hydrogens (tertiary/aromatic N) is 2. The molecule has 0 fully saturated rings. The fraction of sp³-hybridized carbons (Fsp3) is 0.118. The third kappa shape index (κ3) is 3.71. The summed E-state index contributed by atoms with van der Waals surface area (Å²) in [6.07, 6.45) is 0. The van der Waals surface area contributed by atoms with Crippen molar-refractivity contribution in [3.8, 4) is 11.3 Å². The van der Waals surface area contributed by atoms with E-state index in [0.29, 0.717) is 33.2 Å². The van der Waals surface area contributed by atoms with Gasteiger partial charge >= 0.3 is 0 Å². The highest BCUT2D eigenvalue weighted by atomic mass is 35.5. The lowest BCUT2D eigenvalue weighted by molar-refractivity contribution is 0.678. The van der Waals surface area contributed by atoms with Crippen LogP contribution >= 0.6 is 46.4 Å². The van der Waals surface area contributed by atoms with E-state index in [1.165, 1.54) is 0 Å². The first kappa shape index (κ1) is 17.6.